The van der Waals surface area contributed by atoms with Crippen LogP contribution in [0.4, 0.5) is 5.82 Å². The van der Waals surface area contributed by atoms with Gasteiger partial charge in [-0.2, -0.15) is 0 Å². The van der Waals surface area contributed by atoms with Crippen molar-refractivity contribution in [3.63, 3.8) is 0 Å². The van der Waals surface area contributed by atoms with E-state index in [4.69, 9.17) is 0 Å². The topological polar surface area (TPSA) is 72.0 Å². The molecule has 28 heavy (non-hydrogen) atoms. The van der Waals surface area contributed by atoms with Crippen LogP contribution in [0.5, 0.6) is 0 Å². The van der Waals surface area contributed by atoms with Crippen molar-refractivity contribution in [3.05, 3.63) is 71.9 Å². The molecule has 2 aromatic heterocycles. The zero-order valence-corrected chi connectivity index (χ0v) is 17.1. The molecule has 7 heteroatoms. The molecule has 4 aromatic rings. The lowest BCUT2D eigenvalue weighted by Gasteiger charge is -2.16. The molecule has 2 aromatic carbocycles. The van der Waals surface area contributed by atoms with Gasteiger partial charge in [0, 0.05) is 23.2 Å². The van der Waals surface area contributed by atoms with E-state index in [0.717, 1.165) is 32.7 Å². The van der Waals surface area contributed by atoms with Crippen molar-refractivity contribution >= 4 is 37.2 Å². The predicted molar refractivity (Wildman–Crippen MR) is 114 cm³/mol. The van der Waals surface area contributed by atoms with Crippen LogP contribution in [-0.2, 0) is 9.84 Å². The van der Waals surface area contributed by atoms with Crippen molar-refractivity contribution in [2.45, 2.75) is 17.9 Å². The number of benzene rings is 2. The molecule has 2 heterocycles. The Hall–Kier alpha value is -2.77. The van der Waals surface area contributed by atoms with Gasteiger partial charge in [-0.25, -0.2) is 18.4 Å². The summed E-state index contributed by atoms with van der Waals surface area (Å²) in [5.74, 6) is 0.768. The highest BCUT2D eigenvalue weighted by Crippen LogP contribution is 2.37. The van der Waals surface area contributed by atoms with E-state index in [9.17, 15) is 8.42 Å². The Balaban J connectivity index is 1.69. The van der Waals surface area contributed by atoms with Gasteiger partial charge >= 0.3 is 0 Å². The van der Waals surface area contributed by atoms with Gasteiger partial charge < -0.3 is 5.32 Å². The molecular formula is C21H19N3O2S2. The van der Waals surface area contributed by atoms with Gasteiger partial charge in [-0.15, -0.1) is 11.3 Å². The Morgan fingerprint density at radius 2 is 1.71 bits per heavy atom. The molecule has 0 saturated carbocycles. The summed E-state index contributed by atoms with van der Waals surface area (Å²) in [5.41, 5.74) is 3.20. The lowest BCUT2D eigenvalue weighted by atomic mass is 10.1. The maximum atomic E-state index is 11.7. The van der Waals surface area contributed by atoms with Crippen molar-refractivity contribution in [2.24, 2.45) is 0 Å². The molecule has 5 nitrogen and oxygen atoms in total. The van der Waals surface area contributed by atoms with Gasteiger partial charge in [-0.1, -0.05) is 42.5 Å². The zero-order chi connectivity index (χ0) is 19.7. The summed E-state index contributed by atoms with van der Waals surface area (Å²) >= 11 is 1.59. The summed E-state index contributed by atoms with van der Waals surface area (Å²) in [6, 6.07) is 17.1. The third-order valence-corrected chi connectivity index (χ3v) is 6.63. The maximum Gasteiger partial charge on any atom is 0.175 e. The molecule has 4 rings (SSSR count). The standard InChI is InChI=1S/C21H19N3O2S2/c1-14(15-8-10-17(11-9-15)28(2,25)26)24-20-19-18(16-6-4-3-5-7-16)12-27-21(19)23-13-22-20/h3-14H,1-2H3,(H,22,23,24)/t14-/m0/s1. The zero-order valence-electron chi connectivity index (χ0n) is 15.5. The molecule has 0 fully saturated rings. The van der Waals surface area contributed by atoms with E-state index in [1.165, 1.54) is 6.26 Å². The SMILES string of the molecule is C[C@H](Nc1ncnc2scc(-c3ccccc3)c12)c1ccc(S(C)(=O)=O)cc1. The second-order valence-electron chi connectivity index (χ2n) is 6.63. The maximum absolute atomic E-state index is 11.7. The van der Waals surface area contributed by atoms with E-state index < -0.39 is 9.84 Å². The summed E-state index contributed by atoms with van der Waals surface area (Å²) in [6.07, 6.45) is 2.78. The second-order valence-corrected chi connectivity index (χ2v) is 9.50. The van der Waals surface area contributed by atoms with E-state index in [-0.39, 0.29) is 6.04 Å². The fourth-order valence-electron chi connectivity index (χ4n) is 3.11. The third-order valence-electron chi connectivity index (χ3n) is 4.62. The van der Waals surface area contributed by atoms with Crippen molar-refractivity contribution in [3.8, 4) is 11.1 Å². The monoisotopic (exact) mass is 409 g/mol. The highest BCUT2D eigenvalue weighted by molar-refractivity contribution is 7.90. The van der Waals surface area contributed by atoms with E-state index in [1.54, 1.807) is 29.8 Å². The minimum atomic E-state index is -3.20. The molecular weight excluding hydrogens is 390 g/mol. The quantitative estimate of drug-likeness (QED) is 0.506. The molecule has 1 N–H and O–H groups in total. The molecule has 0 aliphatic carbocycles. The molecule has 142 valence electrons. The van der Waals surface area contributed by atoms with Crippen molar-refractivity contribution in [2.75, 3.05) is 11.6 Å². The van der Waals surface area contributed by atoms with Gasteiger partial charge in [0.1, 0.15) is 17.0 Å². The van der Waals surface area contributed by atoms with Gasteiger partial charge in [0.2, 0.25) is 0 Å². The average molecular weight is 410 g/mol. The van der Waals surface area contributed by atoms with Crippen LogP contribution in [0.2, 0.25) is 0 Å². The Kier molecular flexibility index (Phi) is 4.87. The summed E-state index contributed by atoms with van der Waals surface area (Å²) < 4.78 is 23.3. The molecule has 0 spiro atoms. The van der Waals surface area contributed by atoms with Crippen LogP contribution < -0.4 is 5.32 Å². The van der Waals surface area contributed by atoms with Crippen LogP contribution in [0.3, 0.4) is 0 Å². The molecule has 0 unspecified atom stereocenters. The van der Waals surface area contributed by atoms with E-state index in [1.807, 2.05) is 37.3 Å². The number of nitrogens with one attached hydrogen (secondary N) is 1. The summed E-state index contributed by atoms with van der Waals surface area (Å²) in [7, 11) is -3.20. The van der Waals surface area contributed by atoms with Gasteiger partial charge in [0.15, 0.2) is 9.84 Å². The first-order valence-electron chi connectivity index (χ1n) is 8.77. The first-order chi connectivity index (χ1) is 13.4. The minimum Gasteiger partial charge on any atom is -0.363 e. The second kappa shape index (κ2) is 7.33. The Bertz CT molecular complexity index is 1220. The average Bonchev–Trinajstić information content (AvgIpc) is 3.13. The molecule has 0 bridgehead atoms. The number of nitrogens with zero attached hydrogens (tertiary/aromatic N) is 2. The number of anilines is 1. The largest absolute Gasteiger partial charge is 0.363 e. The number of thiophene rings is 1. The number of hydrogen-bond acceptors (Lipinski definition) is 6. The predicted octanol–water partition coefficient (Wildman–Crippen LogP) is 4.93. The van der Waals surface area contributed by atoms with Crippen molar-refractivity contribution in [1.82, 2.24) is 9.97 Å². The highest BCUT2D eigenvalue weighted by Gasteiger charge is 2.16. The minimum absolute atomic E-state index is 0.0461. The van der Waals surface area contributed by atoms with Crippen LogP contribution in [-0.4, -0.2) is 24.6 Å². The van der Waals surface area contributed by atoms with Gasteiger partial charge in [0.05, 0.1) is 10.3 Å². The highest BCUT2D eigenvalue weighted by atomic mass is 32.2. The first-order valence-corrected chi connectivity index (χ1v) is 11.5. The van der Waals surface area contributed by atoms with Gasteiger partial charge in [0.25, 0.3) is 0 Å². The Morgan fingerprint density at radius 3 is 2.39 bits per heavy atom. The lowest BCUT2D eigenvalue weighted by molar-refractivity contribution is 0.602. The van der Waals surface area contributed by atoms with Crippen LogP contribution in [0.1, 0.15) is 18.5 Å². The molecule has 0 amide bonds. The number of rotatable bonds is 5. The smallest absolute Gasteiger partial charge is 0.175 e. The number of sulfone groups is 1. The summed E-state index contributed by atoms with van der Waals surface area (Å²) in [4.78, 5) is 10.1. The third kappa shape index (κ3) is 3.63. The fourth-order valence-corrected chi connectivity index (χ4v) is 4.65. The summed E-state index contributed by atoms with van der Waals surface area (Å²) in [5, 5.41) is 6.56. The lowest BCUT2D eigenvalue weighted by Crippen LogP contribution is -2.09. The Morgan fingerprint density at radius 1 is 1.00 bits per heavy atom. The molecule has 0 aliphatic heterocycles. The molecule has 0 aliphatic rings. The van der Waals surface area contributed by atoms with Crippen LogP contribution in [0, 0.1) is 0 Å². The normalized spacial score (nSPS) is 12.8. The molecule has 0 saturated heterocycles. The van der Waals surface area contributed by atoms with Crippen LogP contribution >= 0.6 is 11.3 Å². The number of hydrogen-bond donors (Lipinski definition) is 1. The van der Waals surface area contributed by atoms with Crippen LogP contribution in [0.25, 0.3) is 21.3 Å². The number of aromatic nitrogens is 2. The van der Waals surface area contributed by atoms with Crippen molar-refractivity contribution < 1.29 is 8.42 Å². The van der Waals surface area contributed by atoms with E-state index >= 15 is 0 Å². The Labute approximate surface area is 168 Å². The van der Waals surface area contributed by atoms with Gasteiger partial charge in [-0.05, 0) is 30.2 Å². The van der Waals surface area contributed by atoms with Crippen LogP contribution in [0.15, 0.2) is 71.2 Å². The van der Waals surface area contributed by atoms with Crippen molar-refractivity contribution in [1.29, 1.82) is 0 Å². The first kappa shape index (κ1) is 18.6. The van der Waals surface area contributed by atoms with E-state index in [0.29, 0.717) is 4.90 Å². The summed E-state index contributed by atoms with van der Waals surface area (Å²) in [6.45, 7) is 2.03. The molecule has 1 atom stereocenters. The molecule has 0 radical (unpaired) electrons. The van der Waals surface area contributed by atoms with Gasteiger partial charge in [-0.3, -0.25) is 0 Å². The fraction of sp³-hybridized carbons (Fsp3) is 0.143. The van der Waals surface area contributed by atoms with E-state index in [2.05, 4.69) is 32.8 Å². The number of fused-ring (bicyclic) bond motifs is 1.